The number of hydrogen-bond donors (Lipinski definition) is 1. The maximum atomic E-state index is 11.7. The van der Waals surface area contributed by atoms with E-state index in [1.807, 2.05) is 43.3 Å². The summed E-state index contributed by atoms with van der Waals surface area (Å²) in [5, 5.41) is 5.18. The van der Waals surface area contributed by atoms with E-state index in [1.165, 1.54) is 23.0 Å². The summed E-state index contributed by atoms with van der Waals surface area (Å²) in [5.41, 5.74) is 14.1. The summed E-state index contributed by atoms with van der Waals surface area (Å²) >= 11 is 2.98. The molecule has 1 N–H and O–H groups in total. The van der Waals surface area contributed by atoms with Gasteiger partial charge in [-0.2, -0.15) is 0 Å². The lowest BCUT2D eigenvalue weighted by Crippen LogP contribution is -2.05. The second-order valence-corrected chi connectivity index (χ2v) is 10.9. The van der Waals surface area contributed by atoms with Gasteiger partial charge in [-0.1, -0.05) is 53.6 Å². The number of esters is 2. The van der Waals surface area contributed by atoms with Crippen LogP contribution in [0.3, 0.4) is 0 Å². The number of aromatic nitrogens is 3. The van der Waals surface area contributed by atoms with Gasteiger partial charge in [0.25, 0.3) is 0 Å². The Balaban J connectivity index is 0.000000193. The molecule has 12 heteroatoms. The number of fused-ring (bicyclic) bond motifs is 1. The molecular weight excluding hydrogens is 573 g/mol. The Kier molecular flexibility index (Phi) is 10.2. The molecular formula is C30H28N6O4S2. The number of azide groups is 1. The van der Waals surface area contributed by atoms with Gasteiger partial charge in [-0.3, -0.25) is 0 Å². The Bertz CT molecular complexity index is 1760. The highest BCUT2D eigenvalue weighted by Gasteiger charge is 2.15. The smallest absolute Gasteiger partial charge is 0.354 e. The Morgan fingerprint density at radius 1 is 0.976 bits per heavy atom. The van der Waals surface area contributed by atoms with Gasteiger partial charge < -0.3 is 14.5 Å². The molecule has 0 radical (unpaired) electrons. The molecule has 0 spiro atoms. The standard InChI is InChI=1S/C15H14N4O2S.C15H14N2O2S/c1-3-21-15(20)13(18-19-16)8-11-9-17-14(22-11)12-7-5-4-6-10(12)2;1-3-19-15(18)11-8-12-13(16-11)17-14(20-12)10-7-5-4-6-9(10)2/h4-9H,3H2,1-2H3;4-8,16H,3H2,1-2H3/b13-8-;. The van der Waals surface area contributed by atoms with Crippen LogP contribution in [0.1, 0.15) is 40.3 Å². The van der Waals surface area contributed by atoms with Crippen LogP contribution in [0, 0.1) is 13.8 Å². The van der Waals surface area contributed by atoms with Gasteiger partial charge in [0.1, 0.15) is 27.1 Å². The monoisotopic (exact) mass is 600 g/mol. The van der Waals surface area contributed by atoms with Crippen molar-refractivity contribution in [3.8, 4) is 21.1 Å². The van der Waals surface area contributed by atoms with E-state index >= 15 is 0 Å². The van der Waals surface area contributed by atoms with E-state index in [1.54, 1.807) is 37.4 Å². The summed E-state index contributed by atoms with van der Waals surface area (Å²) in [6, 6.07) is 17.8. The zero-order valence-electron chi connectivity index (χ0n) is 23.5. The van der Waals surface area contributed by atoms with E-state index < -0.39 is 5.97 Å². The highest BCUT2D eigenvalue weighted by atomic mass is 32.1. The molecule has 214 valence electrons. The second-order valence-electron chi connectivity index (χ2n) is 8.77. The number of ether oxygens (including phenoxy) is 2. The fourth-order valence-corrected chi connectivity index (χ4v) is 5.87. The number of H-pyrrole nitrogens is 1. The van der Waals surface area contributed by atoms with Crippen LogP contribution in [-0.2, 0) is 14.3 Å². The van der Waals surface area contributed by atoms with Gasteiger partial charge in [0.05, 0.1) is 17.9 Å². The van der Waals surface area contributed by atoms with E-state index in [4.69, 9.17) is 15.0 Å². The van der Waals surface area contributed by atoms with Crippen LogP contribution in [0.2, 0.25) is 0 Å². The molecule has 0 aliphatic heterocycles. The van der Waals surface area contributed by atoms with Crippen LogP contribution in [-0.4, -0.2) is 40.1 Å². The van der Waals surface area contributed by atoms with Crippen molar-refractivity contribution in [2.45, 2.75) is 27.7 Å². The number of aryl methyl sites for hydroxylation is 2. The molecule has 0 bridgehead atoms. The molecule has 0 saturated heterocycles. The van der Waals surface area contributed by atoms with Crippen molar-refractivity contribution in [3.05, 3.63) is 98.6 Å². The van der Waals surface area contributed by atoms with E-state index in [-0.39, 0.29) is 18.3 Å². The quantitative estimate of drug-likeness (QED) is 0.0626. The van der Waals surface area contributed by atoms with Gasteiger partial charge in [-0.25, -0.2) is 19.6 Å². The first-order valence-electron chi connectivity index (χ1n) is 13.0. The second kappa shape index (κ2) is 14.2. The lowest BCUT2D eigenvalue weighted by molar-refractivity contribution is -0.138. The summed E-state index contributed by atoms with van der Waals surface area (Å²) in [4.78, 5) is 38.6. The zero-order chi connectivity index (χ0) is 30.1. The zero-order valence-corrected chi connectivity index (χ0v) is 25.1. The number of nitrogens with zero attached hydrogens (tertiary/aromatic N) is 5. The van der Waals surface area contributed by atoms with Crippen LogP contribution in [0.25, 0.3) is 48.0 Å². The van der Waals surface area contributed by atoms with Gasteiger partial charge in [0, 0.05) is 27.1 Å². The topological polar surface area (TPSA) is 143 Å². The first-order chi connectivity index (χ1) is 20.3. The van der Waals surface area contributed by atoms with Crippen molar-refractivity contribution in [3.63, 3.8) is 0 Å². The molecule has 2 aromatic carbocycles. The van der Waals surface area contributed by atoms with Gasteiger partial charge >= 0.3 is 11.9 Å². The molecule has 5 rings (SSSR count). The third kappa shape index (κ3) is 7.29. The summed E-state index contributed by atoms with van der Waals surface area (Å²) in [6.07, 6.45) is 3.12. The summed E-state index contributed by atoms with van der Waals surface area (Å²) in [7, 11) is 0. The maximum absolute atomic E-state index is 11.7. The minimum atomic E-state index is -0.647. The lowest BCUT2D eigenvalue weighted by Gasteiger charge is -2.00. The molecule has 0 saturated carbocycles. The molecule has 10 nitrogen and oxygen atoms in total. The van der Waals surface area contributed by atoms with Crippen molar-refractivity contribution in [1.82, 2.24) is 15.0 Å². The predicted octanol–water partition coefficient (Wildman–Crippen LogP) is 8.11. The van der Waals surface area contributed by atoms with E-state index in [0.717, 1.165) is 37.1 Å². The third-order valence-corrected chi connectivity index (χ3v) is 7.88. The summed E-state index contributed by atoms with van der Waals surface area (Å²) in [5.74, 6) is -0.985. The van der Waals surface area contributed by atoms with Crippen LogP contribution in [0.15, 0.2) is 71.6 Å². The Labute approximate surface area is 250 Å². The van der Waals surface area contributed by atoms with Crippen LogP contribution in [0.4, 0.5) is 0 Å². The van der Waals surface area contributed by atoms with Gasteiger partial charge in [-0.15, -0.1) is 22.7 Å². The van der Waals surface area contributed by atoms with E-state index in [0.29, 0.717) is 17.2 Å². The Morgan fingerprint density at radius 3 is 2.21 bits per heavy atom. The number of rotatable bonds is 8. The van der Waals surface area contributed by atoms with Crippen molar-refractivity contribution >= 4 is 51.0 Å². The normalized spacial score (nSPS) is 10.9. The SMILES string of the molecule is CCOC(=O)/C(=C/c1cnc(-c2ccccc2C)s1)N=[N+]=[N-].CCOC(=O)c1cc2sc(-c3ccccc3C)nc2[nH]1. The third-order valence-electron chi connectivity index (χ3n) is 5.87. The van der Waals surface area contributed by atoms with E-state index in [9.17, 15) is 9.59 Å². The van der Waals surface area contributed by atoms with Gasteiger partial charge in [0.2, 0.25) is 0 Å². The number of hydrogen-bond acceptors (Lipinski definition) is 9. The molecule has 0 amide bonds. The van der Waals surface area contributed by atoms with Crippen LogP contribution in [0.5, 0.6) is 0 Å². The van der Waals surface area contributed by atoms with Gasteiger partial charge in [-0.05, 0) is 56.5 Å². The number of carbonyl (C=O) groups is 2. The fraction of sp³-hybridized carbons (Fsp3) is 0.200. The molecule has 0 aliphatic rings. The molecule has 0 fully saturated rings. The van der Waals surface area contributed by atoms with Gasteiger partial charge in [0.15, 0.2) is 0 Å². The number of nitrogens with one attached hydrogen (secondary N) is 1. The molecule has 0 unspecified atom stereocenters. The number of thiazole rings is 2. The highest BCUT2D eigenvalue weighted by Crippen LogP contribution is 2.32. The van der Waals surface area contributed by atoms with Crippen LogP contribution >= 0.6 is 22.7 Å². The lowest BCUT2D eigenvalue weighted by atomic mass is 10.1. The average Bonchev–Trinajstić information content (AvgIpc) is 3.70. The Morgan fingerprint density at radius 2 is 1.62 bits per heavy atom. The molecule has 3 heterocycles. The fourth-order valence-electron chi connectivity index (χ4n) is 3.87. The molecule has 5 aromatic rings. The first-order valence-corrected chi connectivity index (χ1v) is 14.7. The van der Waals surface area contributed by atoms with Crippen LogP contribution < -0.4 is 0 Å². The minimum absolute atomic E-state index is 0.0793. The predicted molar refractivity (Wildman–Crippen MR) is 166 cm³/mol. The first kappa shape index (κ1) is 30.2. The van der Waals surface area contributed by atoms with E-state index in [2.05, 4.69) is 44.0 Å². The summed E-state index contributed by atoms with van der Waals surface area (Å²) in [6.45, 7) is 8.14. The number of benzene rings is 2. The molecule has 42 heavy (non-hydrogen) atoms. The number of aromatic amines is 1. The minimum Gasteiger partial charge on any atom is -0.462 e. The maximum Gasteiger partial charge on any atom is 0.354 e. The largest absolute Gasteiger partial charge is 0.462 e. The van der Waals surface area contributed by atoms with Crippen molar-refractivity contribution in [1.29, 1.82) is 0 Å². The average molecular weight is 601 g/mol. The van der Waals surface area contributed by atoms with Crippen molar-refractivity contribution in [2.24, 2.45) is 5.11 Å². The molecule has 0 atom stereocenters. The molecule has 0 aliphatic carbocycles. The summed E-state index contributed by atoms with van der Waals surface area (Å²) < 4.78 is 10.8. The Hall–Kier alpha value is -4.77. The van der Waals surface area contributed by atoms with Crippen molar-refractivity contribution in [2.75, 3.05) is 13.2 Å². The highest BCUT2D eigenvalue weighted by molar-refractivity contribution is 7.21. The number of carbonyl (C=O) groups excluding carboxylic acids is 2. The molecule has 3 aromatic heterocycles. The van der Waals surface area contributed by atoms with Crippen molar-refractivity contribution < 1.29 is 19.1 Å².